The van der Waals surface area contributed by atoms with Gasteiger partial charge >= 0.3 is 12.2 Å². The van der Waals surface area contributed by atoms with Crippen molar-refractivity contribution < 1.29 is 22.0 Å². The molecule has 200 valence electrons. The van der Waals surface area contributed by atoms with Gasteiger partial charge in [0.2, 0.25) is 5.95 Å². The first-order valence-corrected chi connectivity index (χ1v) is 12.2. The van der Waals surface area contributed by atoms with Gasteiger partial charge in [-0.1, -0.05) is 19.9 Å². The van der Waals surface area contributed by atoms with E-state index in [-0.39, 0.29) is 28.4 Å². The number of hydrogen-bond acceptors (Lipinski definition) is 7. The van der Waals surface area contributed by atoms with E-state index in [1.54, 1.807) is 0 Å². The predicted molar refractivity (Wildman–Crippen MR) is 131 cm³/mol. The SMILES string of the molecule is CC1(C)CNCc2cc(Nc3ncc4c(=O)n(CC(F)(F)F)n(-c5nc(C6(CF)CC6)co5)c4n3)ccc21. The molecule has 4 heterocycles. The van der Waals surface area contributed by atoms with E-state index in [9.17, 15) is 22.4 Å². The van der Waals surface area contributed by atoms with Gasteiger partial charge in [-0.3, -0.25) is 9.18 Å². The van der Waals surface area contributed by atoms with Crippen LogP contribution in [-0.2, 0) is 23.9 Å². The Morgan fingerprint density at radius 1 is 1.21 bits per heavy atom. The fraction of sp³-hybridized carbons (Fsp3) is 0.440. The molecule has 1 saturated carbocycles. The van der Waals surface area contributed by atoms with Gasteiger partial charge in [-0.25, -0.2) is 9.67 Å². The minimum absolute atomic E-state index is 0.0327. The number of oxazole rings is 1. The van der Waals surface area contributed by atoms with Crippen LogP contribution in [-0.4, -0.2) is 43.7 Å². The molecule has 38 heavy (non-hydrogen) atoms. The summed E-state index contributed by atoms with van der Waals surface area (Å²) in [6.45, 7) is 3.60. The van der Waals surface area contributed by atoms with Crippen molar-refractivity contribution in [3.8, 4) is 6.01 Å². The average molecular weight is 532 g/mol. The standard InChI is InChI=1S/C25H25F4N7O2/c1-23(2)12-30-8-14-7-15(3-4-17(14)23)32-21-31-9-16-19(34-21)36(35(20(16)37)13-25(27,28)29)22-33-18(10-38-22)24(11-26)5-6-24/h3-4,7,9-10,30H,5-6,8,11-13H2,1-2H3,(H,31,32,34). The summed E-state index contributed by atoms with van der Waals surface area (Å²) >= 11 is 0. The molecule has 1 fully saturated rings. The van der Waals surface area contributed by atoms with Crippen LogP contribution in [0.4, 0.5) is 29.2 Å². The number of nitrogens with zero attached hydrogens (tertiary/aromatic N) is 5. The van der Waals surface area contributed by atoms with Crippen molar-refractivity contribution in [1.29, 1.82) is 0 Å². The van der Waals surface area contributed by atoms with Crippen molar-refractivity contribution in [3.05, 3.63) is 57.8 Å². The molecular weight excluding hydrogens is 506 g/mol. The van der Waals surface area contributed by atoms with Crippen molar-refractivity contribution in [2.45, 2.75) is 56.8 Å². The molecule has 0 saturated heterocycles. The lowest BCUT2D eigenvalue weighted by atomic mass is 9.79. The van der Waals surface area contributed by atoms with Crippen molar-refractivity contribution in [1.82, 2.24) is 29.6 Å². The number of aromatic nitrogens is 5. The van der Waals surface area contributed by atoms with Gasteiger partial charge in [0.25, 0.3) is 5.56 Å². The summed E-state index contributed by atoms with van der Waals surface area (Å²) in [5, 5.41) is 6.33. The zero-order valence-electron chi connectivity index (χ0n) is 20.7. The van der Waals surface area contributed by atoms with Crippen LogP contribution < -0.4 is 16.2 Å². The summed E-state index contributed by atoms with van der Waals surface area (Å²) in [6.07, 6.45) is -1.20. The van der Waals surface area contributed by atoms with Gasteiger partial charge in [0.1, 0.15) is 24.9 Å². The maximum atomic E-state index is 13.6. The molecule has 9 nitrogen and oxygen atoms in total. The molecule has 13 heteroatoms. The van der Waals surface area contributed by atoms with Crippen LogP contribution in [0.15, 0.2) is 39.9 Å². The normalized spacial score (nSPS) is 17.9. The number of hydrogen-bond donors (Lipinski definition) is 2. The Bertz CT molecular complexity index is 1600. The molecule has 1 aliphatic carbocycles. The summed E-state index contributed by atoms with van der Waals surface area (Å²) < 4.78 is 60.7. The number of alkyl halides is 4. The maximum absolute atomic E-state index is 13.6. The molecule has 2 aliphatic rings. The van der Waals surface area contributed by atoms with Crippen molar-refractivity contribution in [2.24, 2.45) is 0 Å². The van der Waals surface area contributed by atoms with Crippen LogP contribution in [0, 0.1) is 0 Å². The quantitative estimate of drug-likeness (QED) is 0.359. The summed E-state index contributed by atoms with van der Waals surface area (Å²) in [7, 11) is 0. The van der Waals surface area contributed by atoms with Gasteiger partial charge in [-0.15, -0.1) is 0 Å². The smallest absolute Gasteiger partial charge is 0.408 e. The van der Waals surface area contributed by atoms with E-state index in [1.807, 2.05) is 18.2 Å². The fourth-order valence-electron chi connectivity index (χ4n) is 5.02. The molecule has 0 spiro atoms. The summed E-state index contributed by atoms with van der Waals surface area (Å²) in [6, 6.07) is 5.57. The van der Waals surface area contributed by atoms with Crippen molar-refractivity contribution in [2.75, 3.05) is 18.5 Å². The molecule has 0 atom stereocenters. The van der Waals surface area contributed by atoms with Gasteiger partial charge in [0.15, 0.2) is 5.65 Å². The van der Waals surface area contributed by atoms with E-state index < -0.39 is 30.4 Å². The number of halogens is 4. The molecule has 1 aliphatic heterocycles. The summed E-state index contributed by atoms with van der Waals surface area (Å²) in [5.74, 6) is 0.0765. The first kappa shape index (κ1) is 24.6. The Morgan fingerprint density at radius 3 is 2.71 bits per heavy atom. The first-order chi connectivity index (χ1) is 18.0. The van der Waals surface area contributed by atoms with E-state index >= 15 is 0 Å². The van der Waals surface area contributed by atoms with E-state index in [1.165, 1.54) is 18.0 Å². The van der Waals surface area contributed by atoms with E-state index in [4.69, 9.17) is 4.42 Å². The number of anilines is 2. The Kier molecular flexibility index (Phi) is 5.42. The number of benzene rings is 1. The lowest BCUT2D eigenvalue weighted by Crippen LogP contribution is -2.38. The van der Waals surface area contributed by atoms with Gasteiger partial charge in [0.05, 0.1) is 5.69 Å². The van der Waals surface area contributed by atoms with E-state index in [0.717, 1.165) is 16.8 Å². The molecule has 0 amide bonds. The lowest BCUT2D eigenvalue weighted by molar-refractivity contribution is -0.144. The second-order valence-corrected chi connectivity index (χ2v) is 10.6. The highest BCUT2D eigenvalue weighted by molar-refractivity contribution is 5.76. The topological polar surface area (TPSA) is 103 Å². The van der Waals surface area contributed by atoms with Gasteiger partial charge in [0, 0.05) is 35.8 Å². The lowest BCUT2D eigenvalue weighted by Gasteiger charge is -2.33. The molecule has 0 unspecified atom stereocenters. The minimum Gasteiger partial charge on any atom is -0.430 e. The van der Waals surface area contributed by atoms with Gasteiger partial charge in [-0.2, -0.15) is 27.8 Å². The summed E-state index contributed by atoms with van der Waals surface area (Å²) in [5.41, 5.74) is 1.41. The highest BCUT2D eigenvalue weighted by Crippen LogP contribution is 2.48. The van der Waals surface area contributed by atoms with Crippen molar-refractivity contribution in [3.63, 3.8) is 0 Å². The average Bonchev–Trinajstić information content (AvgIpc) is 3.43. The Hall–Kier alpha value is -3.74. The highest BCUT2D eigenvalue weighted by Gasteiger charge is 2.47. The summed E-state index contributed by atoms with van der Waals surface area (Å²) in [4.78, 5) is 25.8. The van der Waals surface area contributed by atoms with Crippen LogP contribution in [0.25, 0.3) is 17.0 Å². The third kappa shape index (κ3) is 4.14. The van der Waals surface area contributed by atoms with Crippen LogP contribution in [0.5, 0.6) is 0 Å². The van der Waals surface area contributed by atoms with Crippen LogP contribution >= 0.6 is 0 Å². The molecular formula is C25H25F4N7O2. The Morgan fingerprint density at radius 2 is 2.00 bits per heavy atom. The third-order valence-electron chi connectivity index (χ3n) is 7.30. The van der Waals surface area contributed by atoms with Gasteiger partial charge < -0.3 is 15.1 Å². The van der Waals surface area contributed by atoms with Crippen LogP contribution in [0.3, 0.4) is 0 Å². The van der Waals surface area contributed by atoms with Gasteiger partial charge in [-0.05, 0) is 36.1 Å². The zero-order valence-corrected chi connectivity index (χ0v) is 20.7. The number of fused-ring (bicyclic) bond motifs is 2. The Labute approximate surface area is 213 Å². The molecule has 6 rings (SSSR count). The highest BCUT2D eigenvalue weighted by atomic mass is 19.4. The number of nitrogens with one attached hydrogen (secondary N) is 2. The Balaban J connectivity index is 1.43. The molecule has 1 aromatic carbocycles. The molecule has 3 aromatic heterocycles. The first-order valence-electron chi connectivity index (χ1n) is 12.2. The molecule has 4 aromatic rings. The number of rotatable bonds is 6. The molecule has 0 radical (unpaired) electrons. The van der Waals surface area contributed by atoms with Crippen molar-refractivity contribution >= 4 is 22.7 Å². The largest absolute Gasteiger partial charge is 0.430 e. The van der Waals surface area contributed by atoms with E-state index in [2.05, 4.69) is 39.4 Å². The monoisotopic (exact) mass is 531 g/mol. The second kappa shape index (κ2) is 8.38. The predicted octanol–water partition coefficient (Wildman–Crippen LogP) is 4.26. The minimum atomic E-state index is -4.71. The van der Waals surface area contributed by atoms with Crippen LogP contribution in [0.2, 0.25) is 0 Å². The fourth-order valence-corrected chi connectivity index (χ4v) is 5.02. The van der Waals surface area contributed by atoms with Crippen LogP contribution in [0.1, 0.15) is 43.5 Å². The molecule has 0 bridgehead atoms. The third-order valence-corrected chi connectivity index (χ3v) is 7.30. The van der Waals surface area contributed by atoms with E-state index in [0.29, 0.717) is 35.4 Å². The second-order valence-electron chi connectivity index (χ2n) is 10.6. The zero-order chi connectivity index (χ0) is 26.9. The molecule has 2 N–H and O–H groups in total. The maximum Gasteiger partial charge on any atom is 0.408 e.